The van der Waals surface area contributed by atoms with Crippen LogP contribution in [0.3, 0.4) is 0 Å². The van der Waals surface area contributed by atoms with E-state index in [-0.39, 0.29) is 0 Å². The molecule has 0 aliphatic heterocycles. The SMILES string of the molecule is Cc1ccc(C)c(OCCCCNC2CC2)c1. The number of rotatable bonds is 7. The van der Waals surface area contributed by atoms with E-state index in [0.29, 0.717) is 0 Å². The molecule has 0 bridgehead atoms. The molecule has 0 saturated heterocycles. The molecule has 1 saturated carbocycles. The molecule has 1 aliphatic rings. The molecule has 0 amide bonds. The fourth-order valence-electron chi connectivity index (χ4n) is 1.87. The summed E-state index contributed by atoms with van der Waals surface area (Å²) in [6.07, 6.45) is 5.09. The first-order valence-electron chi connectivity index (χ1n) is 6.69. The third-order valence-corrected chi connectivity index (χ3v) is 3.18. The summed E-state index contributed by atoms with van der Waals surface area (Å²) in [6.45, 7) is 6.17. The highest BCUT2D eigenvalue weighted by Gasteiger charge is 2.19. The van der Waals surface area contributed by atoms with E-state index in [4.69, 9.17) is 4.74 Å². The number of ether oxygens (including phenoxy) is 1. The van der Waals surface area contributed by atoms with E-state index < -0.39 is 0 Å². The summed E-state index contributed by atoms with van der Waals surface area (Å²) in [5.41, 5.74) is 2.49. The Morgan fingerprint density at radius 3 is 2.82 bits per heavy atom. The molecule has 0 spiro atoms. The molecule has 1 aromatic carbocycles. The van der Waals surface area contributed by atoms with Crippen LogP contribution in [0.15, 0.2) is 18.2 Å². The average Bonchev–Trinajstić information content (AvgIpc) is 3.11. The van der Waals surface area contributed by atoms with Crippen molar-refractivity contribution in [3.05, 3.63) is 29.3 Å². The Bertz CT molecular complexity index is 358. The third-order valence-electron chi connectivity index (χ3n) is 3.18. The first-order valence-corrected chi connectivity index (χ1v) is 6.69. The van der Waals surface area contributed by atoms with E-state index in [1.807, 2.05) is 0 Å². The van der Waals surface area contributed by atoms with E-state index in [2.05, 4.69) is 37.4 Å². The van der Waals surface area contributed by atoms with Crippen LogP contribution in [0.4, 0.5) is 0 Å². The number of hydrogen-bond acceptors (Lipinski definition) is 2. The van der Waals surface area contributed by atoms with Crippen molar-refractivity contribution < 1.29 is 4.74 Å². The second-order valence-electron chi connectivity index (χ2n) is 5.05. The molecular formula is C15H23NO. The quantitative estimate of drug-likeness (QED) is 0.730. The minimum Gasteiger partial charge on any atom is -0.493 e. The standard InChI is InChI=1S/C15H23NO/c1-12-5-6-13(2)15(11-12)17-10-4-3-9-16-14-7-8-14/h5-6,11,14,16H,3-4,7-10H2,1-2H3. The first-order chi connectivity index (χ1) is 8.25. The van der Waals surface area contributed by atoms with Crippen molar-refractivity contribution >= 4 is 0 Å². The molecule has 0 atom stereocenters. The van der Waals surface area contributed by atoms with Crippen LogP contribution in [0, 0.1) is 13.8 Å². The number of unbranched alkanes of at least 4 members (excludes halogenated alkanes) is 1. The smallest absolute Gasteiger partial charge is 0.122 e. The monoisotopic (exact) mass is 233 g/mol. The van der Waals surface area contributed by atoms with E-state index >= 15 is 0 Å². The summed E-state index contributed by atoms with van der Waals surface area (Å²) in [6, 6.07) is 7.20. The third kappa shape index (κ3) is 4.39. The van der Waals surface area contributed by atoms with Crippen molar-refractivity contribution in [3.63, 3.8) is 0 Å². The summed E-state index contributed by atoms with van der Waals surface area (Å²) in [4.78, 5) is 0. The van der Waals surface area contributed by atoms with Crippen molar-refractivity contribution in [3.8, 4) is 5.75 Å². The molecule has 94 valence electrons. The van der Waals surface area contributed by atoms with Gasteiger partial charge in [0.2, 0.25) is 0 Å². The molecule has 0 unspecified atom stereocenters. The van der Waals surface area contributed by atoms with Crippen LogP contribution in [0.25, 0.3) is 0 Å². The van der Waals surface area contributed by atoms with Gasteiger partial charge in [0, 0.05) is 6.04 Å². The second-order valence-corrected chi connectivity index (χ2v) is 5.05. The van der Waals surface area contributed by atoms with Gasteiger partial charge in [-0.15, -0.1) is 0 Å². The number of aryl methyl sites for hydroxylation is 2. The van der Waals surface area contributed by atoms with E-state index in [1.165, 1.54) is 30.4 Å². The van der Waals surface area contributed by atoms with Crippen molar-refractivity contribution in [2.45, 2.75) is 45.6 Å². The van der Waals surface area contributed by atoms with Crippen LogP contribution in [-0.2, 0) is 0 Å². The number of hydrogen-bond donors (Lipinski definition) is 1. The fourth-order valence-corrected chi connectivity index (χ4v) is 1.87. The Kier molecular flexibility index (Phi) is 4.43. The maximum atomic E-state index is 5.81. The molecule has 2 rings (SSSR count). The molecule has 0 radical (unpaired) electrons. The molecule has 1 N–H and O–H groups in total. The van der Waals surface area contributed by atoms with Gasteiger partial charge in [0.25, 0.3) is 0 Å². The zero-order valence-corrected chi connectivity index (χ0v) is 11.0. The zero-order valence-electron chi connectivity index (χ0n) is 11.0. The molecule has 2 heteroatoms. The maximum Gasteiger partial charge on any atom is 0.122 e. The Morgan fingerprint density at radius 2 is 2.06 bits per heavy atom. The van der Waals surface area contributed by atoms with Crippen LogP contribution in [0.2, 0.25) is 0 Å². The van der Waals surface area contributed by atoms with E-state index in [0.717, 1.165) is 31.4 Å². The first kappa shape index (κ1) is 12.4. The van der Waals surface area contributed by atoms with Crippen LogP contribution in [0.5, 0.6) is 5.75 Å². The van der Waals surface area contributed by atoms with Gasteiger partial charge in [0.05, 0.1) is 6.61 Å². The van der Waals surface area contributed by atoms with Crippen LogP contribution < -0.4 is 10.1 Å². The predicted octanol–water partition coefficient (Wildman–Crippen LogP) is 3.21. The van der Waals surface area contributed by atoms with Gasteiger partial charge in [-0.3, -0.25) is 0 Å². The number of benzene rings is 1. The van der Waals surface area contributed by atoms with Crippen LogP contribution >= 0.6 is 0 Å². The van der Waals surface area contributed by atoms with Gasteiger partial charge in [0.1, 0.15) is 5.75 Å². The largest absolute Gasteiger partial charge is 0.493 e. The number of nitrogens with one attached hydrogen (secondary N) is 1. The molecule has 2 nitrogen and oxygen atoms in total. The Hall–Kier alpha value is -1.02. The lowest BCUT2D eigenvalue weighted by molar-refractivity contribution is 0.303. The highest BCUT2D eigenvalue weighted by atomic mass is 16.5. The minimum atomic E-state index is 0.829. The fraction of sp³-hybridized carbons (Fsp3) is 0.600. The Balaban J connectivity index is 1.61. The van der Waals surface area contributed by atoms with Crippen molar-refractivity contribution in [1.29, 1.82) is 0 Å². The van der Waals surface area contributed by atoms with E-state index in [9.17, 15) is 0 Å². The zero-order chi connectivity index (χ0) is 12.1. The van der Waals surface area contributed by atoms with Crippen molar-refractivity contribution in [1.82, 2.24) is 5.32 Å². The lowest BCUT2D eigenvalue weighted by Crippen LogP contribution is -2.17. The normalized spacial score (nSPS) is 14.9. The Labute approximate surface area is 104 Å². The van der Waals surface area contributed by atoms with Gasteiger partial charge in [0.15, 0.2) is 0 Å². The molecule has 17 heavy (non-hydrogen) atoms. The van der Waals surface area contributed by atoms with Gasteiger partial charge in [-0.1, -0.05) is 12.1 Å². The highest BCUT2D eigenvalue weighted by molar-refractivity contribution is 5.35. The summed E-state index contributed by atoms with van der Waals surface area (Å²) in [5, 5.41) is 3.52. The molecule has 1 aromatic rings. The van der Waals surface area contributed by atoms with Gasteiger partial charge in [-0.25, -0.2) is 0 Å². The van der Waals surface area contributed by atoms with Crippen molar-refractivity contribution in [2.24, 2.45) is 0 Å². The van der Waals surface area contributed by atoms with Gasteiger partial charge < -0.3 is 10.1 Å². The molecule has 1 aliphatic carbocycles. The van der Waals surface area contributed by atoms with Crippen molar-refractivity contribution in [2.75, 3.05) is 13.2 Å². The molecular weight excluding hydrogens is 210 g/mol. The topological polar surface area (TPSA) is 21.3 Å². The van der Waals surface area contributed by atoms with Gasteiger partial charge >= 0.3 is 0 Å². The lowest BCUT2D eigenvalue weighted by atomic mass is 10.1. The van der Waals surface area contributed by atoms with Gasteiger partial charge in [-0.2, -0.15) is 0 Å². The minimum absolute atomic E-state index is 0.829. The van der Waals surface area contributed by atoms with Crippen LogP contribution in [0.1, 0.15) is 36.8 Å². The highest BCUT2D eigenvalue weighted by Crippen LogP contribution is 2.20. The summed E-state index contributed by atoms with van der Waals surface area (Å²) >= 11 is 0. The summed E-state index contributed by atoms with van der Waals surface area (Å²) in [5.74, 6) is 1.04. The lowest BCUT2D eigenvalue weighted by Gasteiger charge is -2.10. The molecule has 0 aromatic heterocycles. The van der Waals surface area contributed by atoms with Crippen LogP contribution in [-0.4, -0.2) is 19.2 Å². The summed E-state index contributed by atoms with van der Waals surface area (Å²) in [7, 11) is 0. The molecule has 1 fully saturated rings. The van der Waals surface area contributed by atoms with E-state index in [1.54, 1.807) is 0 Å². The maximum absolute atomic E-state index is 5.81. The Morgan fingerprint density at radius 1 is 1.24 bits per heavy atom. The summed E-state index contributed by atoms with van der Waals surface area (Å²) < 4.78 is 5.81. The van der Waals surface area contributed by atoms with Gasteiger partial charge in [-0.05, 0) is 63.3 Å². The molecule has 0 heterocycles. The average molecular weight is 233 g/mol. The second kappa shape index (κ2) is 6.06. The predicted molar refractivity (Wildman–Crippen MR) is 71.7 cm³/mol.